The minimum absolute atomic E-state index is 0.146. The Kier molecular flexibility index (Phi) is 4.24. The smallest absolute Gasteiger partial charge is 0.272 e. The molecule has 0 unspecified atom stereocenters. The fraction of sp³-hybridized carbons (Fsp3) is 0.267. The van der Waals surface area contributed by atoms with E-state index >= 15 is 0 Å². The Morgan fingerprint density at radius 3 is 2.64 bits per heavy atom. The van der Waals surface area contributed by atoms with E-state index in [4.69, 9.17) is 4.74 Å². The van der Waals surface area contributed by atoms with Crippen molar-refractivity contribution in [3.05, 3.63) is 48.0 Å². The number of carbonyl (C=O) groups is 1. The van der Waals surface area contributed by atoms with E-state index in [2.05, 4.69) is 15.3 Å². The lowest BCUT2D eigenvalue weighted by atomic mass is 10.3. The Hall–Kier alpha value is -2.54. The number of morpholine rings is 1. The monoisotopic (exact) mass is 302 g/mol. The SMILES string of the molecule is O=C(c1ccnc(Nc2ccc(F)cc2)n1)N1CCOCC1. The summed E-state index contributed by atoms with van der Waals surface area (Å²) in [4.78, 5) is 22.3. The van der Waals surface area contributed by atoms with Crippen LogP contribution in [0.2, 0.25) is 0 Å². The Balaban J connectivity index is 1.74. The van der Waals surface area contributed by atoms with Crippen LogP contribution in [0, 0.1) is 5.82 Å². The van der Waals surface area contributed by atoms with Gasteiger partial charge < -0.3 is 15.0 Å². The third-order valence-electron chi connectivity index (χ3n) is 3.27. The minimum Gasteiger partial charge on any atom is -0.378 e. The van der Waals surface area contributed by atoms with E-state index in [0.717, 1.165) is 0 Å². The molecule has 1 fully saturated rings. The maximum absolute atomic E-state index is 12.9. The summed E-state index contributed by atoms with van der Waals surface area (Å²) in [7, 11) is 0. The van der Waals surface area contributed by atoms with Gasteiger partial charge in [0.1, 0.15) is 11.5 Å². The number of anilines is 2. The van der Waals surface area contributed by atoms with Gasteiger partial charge in [0.05, 0.1) is 13.2 Å². The number of ether oxygens (including phenoxy) is 1. The largest absolute Gasteiger partial charge is 0.378 e. The van der Waals surface area contributed by atoms with Gasteiger partial charge in [0.15, 0.2) is 0 Å². The molecule has 6 nitrogen and oxygen atoms in total. The van der Waals surface area contributed by atoms with Crippen LogP contribution < -0.4 is 5.32 Å². The van der Waals surface area contributed by atoms with Gasteiger partial charge in [-0.2, -0.15) is 0 Å². The Labute approximate surface area is 126 Å². The molecule has 1 aliphatic rings. The first-order valence-electron chi connectivity index (χ1n) is 6.95. The van der Waals surface area contributed by atoms with Crippen LogP contribution in [0.4, 0.5) is 16.0 Å². The summed E-state index contributed by atoms with van der Waals surface area (Å²) >= 11 is 0. The van der Waals surface area contributed by atoms with E-state index in [1.807, 2.05) is 0 Å². The van der Waals surface area contributed by atoms with Crippen molar-refractivity contribution in [2.24, 2.45) is 0 Å². The van der Waals surface area contributed by atoms with Crippen LogP contribution in [0.25, 0.3) is 0 Å². The van der Waals surface area contributed by atoms with E-state index < -0.39 is 0 Å². The van der Waals surface area contributed by atoms with E-state index in [9.17, 15) is 9.18 Å². The van der Waals surface area contributed by atoms with Crippen molar-refractivity contribution < 1.29 is 13.9 Å². The Morgan fingerprint density at radius 2 is 1.91 bits per heavy atom. The molecule has 7 heteroatoms. The highest BCUT2D eigenvalue weighted by molar-refractivity contribution is 5.92. The molecule has 1 N–H and O–H groups in total. The molecule has 1 amide bonds. The van der Waals surface area contributed by atoms with Crippen molar-refractivity contribution in [2.75, 3.05) is 31.6 Å². The number of hydrogen-bond acceptors (Lipinski definition) is 5. The molecule has 0 atom stereocenters. The van der Waals surface area contributed by atoms with Crippen molar-refractivity contribution in [1.29, 1.82) is 0 Å². The average molecular weight is 302 g/mol. The molecule has 1 aromatic heterocycles. The summed E-state index contributed by atoms with van der Waals surface area (Å²) in [6.45, 7) is 2.20. The fourth-order valence-electron chi connectivity index (χ4n) is 2.13. The van der Waals surface area contributed by atoms with E-state index in [-0.39, 0.29) is 11.7 Å². The van der Waals surface area contributed by atoms with Crippen molar-refractivity contribution in [3.8, 4) is 0 Å². The first kappa shape index (κ1) is 14.4. The van der Waals surface area contributed by atoms with Crippen LogP contribution in [-0.4, -0.2) is 47.1 Å². The number of amides is 1. The zero-order valence-electron chi connectivity index (χ0n) is 11.8. The Bertz CT molecular complexity index is 657. The van der Waals surface area contributed by atoms with Gasteiger partial charge in [-0.3, -0.25) is 4.79 Å². The summed E-state index contributed by atoms with van der Waals surface area (Å²) in [5, 5.41) is 2.94. The third kappa shape index (κ3) is 3.37. The van der Waals surface area contributed by atoms with Gasteiger partial charge in [0.25, 0.3) is 5.91 Å². The predicted octanol–water partition coefficient (Wildman–Crippen LogP) is 1.83. The molecule has 0 bridgehead atoms. The number of nitrogens with one attached hydrogen (secondary N) is 1. The van der Waals surface area contributed by atoms with Gasteiger partial charge in [0.2, 0.25) is 5.95 Å². The highest BCUT2D eigenvalue weighted by atomic mass is 19.1. The van der Waals surface area contributed by atoms with Crippen molar-refractivity contribution in [3.63, 3.8) is 0 Å². The lowest BCUT2D eigenvalue weighted by Crippen LogP contribution is -2.41. The van der Waals surface area contributed by atoms with Crippen LogP contribution in [-0.2, 0) is 4.74 Å². The normalized spacial score (nSPS) is 14.7. The summed E-state index contributed by atoms with van der Waals surface area (Å²) in [6, 6.07) is 7.41. The first-order valence-corrected chi connectivity index (χ1v) is 6.95. The van der Waals surface area contributed by atoms with Gasteiger partial charge in [-0.1, -0.05) is 0 Å². The van der Waals surface area contributed by atoms with Crippen LogP contribution in [0.5, 0.6) is 0 Å². The predicted molar refractivity (Wildman–Crippen MR) is 78.4 cm³/mol. The number of halogens is 1. The van der Waals surface area contributed by atoms with Crippen molar-refractivity contribution >= 4 is 17.5 Å². The summed E-state index contributed by atoms with van der Waals surface area (Å²) < 4.78 is 18.1. The number of aromatic nitrogens is 2. The maximum Gasteiger partial charge on any atom is 0.272 e. The molecule has 1 saturated heterocycles. The zero-order chi connectivity index (χ0) is 15.4. The molecule has 1 aliphatic heterocycles. The second-order valence-corrected chi connectivity index (χ2v) is 4.80. The highest BCUT2D eigenvalue weighted by Gasteiger charge is 2.20. The number of nitrogens with zero attached hydrogens (tertiary/aromatic N) is 3. The summed E-state index contributed by atoms with van der Waals surface area (Å²) in [5.41, 5.74) is 0.971. The topological polar surface area (TPSA) is 67.4 Å². The maximum atomic E-state index is 12.9. The molecule has 3 rings (SSSR count). The quantitative estimate of drug-likeness (QED) is 0.937. The van der Waals surface area contributed by atoms with Crippen molar-refractivity contribution in [2.45, 2.75) is 0 Å². The molecule has 22 heavy (non-hydrogen) atoms. The van der Waals surface area contributed by atoms with E-state index in [1.54, 1.807) is 23.1 Å². The lowest BCUT2D eigenvalue weighted by Gasteiger charge is -2.26. The fourth-order valence-corrected chi connectivity index (χ4v) is 2.13. The summed E-state index contributed by atoms with van der Waals surface area (Å²) in [6.07, 6.45) is 1.52. The lowest BCUT2D eigenvalue weighted by molar-refractivity contribution is 0.0299. The van der Waals surface area contributed by atoms with Gasteiger partial charge in [-0.25, -0.2) is 14.4 Å². The van der Waals surface area contributed by atoms with Gasteiger partial charge in [-0.15, -0.1) is 0 Å². The molecule has 1 aromatic carbocycles. The molecule has 0 aliphatic carbocycles. The number of benzene rings is 1. The standard InChI is InChI=1S/C15H15FN4O2/c16-11-1-3-12(4-2-11)18-15-17-6-5-13(19-15)14(21)20-7-9-22-10-8-20/h1-6H,7-10H2,(H,17,18,19). The van der Waals surface area contributed by atoms with Gasteiger partial charge in [-0.05, 0) is 30.3 Å². The van der Waals surface area contributed by atoms with Crippen LogP contribution in [0.1, 0.15) is 10.5 Å². The van der Waals surface area contributed by atoms with Crippen LogP contribution in [0.15, 0.2) is 36.5 Å². The second-order valence-electron chi connectivity index (χ2n) is 4.80. The highest BCUT2D eigenvalue weighted by Crippen LogP contribution is 2.14. The van der Waals surface area contributed by atoms with Crippen LogP contribution >= 0.6 is 0 Å². The minimum atomic E-state index is -0.317. The van der Waals surface area contributed by atoms with Gasteiger partial charge in [0, 0.05) is 25.0 Å². The van der Waals surface area contributed by atoms with E-state index in [1.165, 1.54) is 18.3 Å². The average Bonchev–Trinajstić information content (AvgIpc) is 2.57. The number of carbonyl (C=O) groups excluding carboxylic acids is 1. The first-order chi connectivity index (χ1) is 10.7. The Morgan fingerprint density at radius 1 is 1.18 bits per heavy atom. The van der Waals surface area contributed by atoms with Gasteiger partial charge >= 0.3 is 0 Å². The molecule has 2 aromatic rings. The third-order valence-corrected chi connectivity index (χ3v) is 3.27. The molecule has 0 saturated carbocycles. The van der Waals surface area contributed by atoms with Crippen molar-refractivity contribution in [1.82, 2.24) is 14.9 Å². The molecule has 114 valence electrons. The van der Waals surface area contributed by atoms with Crippen LogP contribution in [0.3, 0.4) is 0 Å². The van der Waals surface area contributed by atoms with E-state index in [0.29, 0.717) is 43.6 Å². The molecular weight excluding hydrogens is 287 g/mol. The second kappa shape index (κ2) is 6.48. The number of hydrogen-bond donors (Lipinski definition) is 1. The number of rotatable bonds is 3. The molecule has 0 radical (unpaired) electrons. The zero-order valence-corrected chi connectivity index (χ0v) is 11.8. The summed E-state index contributed by atoms with van der Waals surface area (Å²) in [5.74, 6) is -0.165. The molecule has 2 heterocycles. The molecule has 0 spiro atoms. The molecular formula is C15H15FN4O2.